The van der Waals surface area contributed by atoms with Crippen LogP contribution in [0.3, 0.4) is 0 Å². The summed E-state index contributed by atoms with van der Waals surface area (Å²) in [5.74, 6) is 1.14. The molecule has 1 N–H and O–H groups in total. The molecule has 120 valence electrons. The maximum absolute atomic E-state index is 12.4. The molecule has 2 aromatic rings. The molecule has 0 fully saturated rings. The lowest BCUT2D eigenvalue weighted by atomic mass is 10.1. The fourth-order valence-electron chi connectivity index (χ4n) is 2.35. The summed E-state index contributed by atoms with van der Waals surface area (Å²) in [4.78, 5) is 14.4. The van der Waals surface area contributed by atoms with Gasteiger partial charge >= 0.3 is 0 Å². The first-order chi connectivity index (χ1) is 11.1. The maximum Gasteiger partial charge on any atom is 0.255 e. The van der Waals surface area contributed by atoms with Gasteiger partial charge in [0.2, 0.25) is 0 Å². The van der Waals surface area contributed by atoms with Crippen LogP contribution in [0.2, 0.25) is 0 Å². The summed E-state index contributed by atoms with van der Waals surface area (Å²) >= 11 is 0. The monoisotopic (exact) mass is 312 g/mol. The molecule has 1 aliphatic rings. The first-order valence-electron chi connectivity index (χ1n) is 7.62. The van der Waals surface area contributed by atoms with Crippen LogP contribution in [0.5, 0.6) is 11.5 Å². The molecule has 2 aromatic carbocycles. The Balaban J connectivity index is 1.74. The molecule has 0 saturated heterocycles. The number of rotatable bonds is 3. The van der Waals surface area contributed by atoms with Gasteiger partial charge in [-0.2, -0.15) is 0 Å². The summed E-state index contributed by atoms with van der Waals surface area (Å²) in [7, 11) is 3.96. The molecule has 5 heteroatoms. The quantitative estimate of drug-likeness (QED) is 0.946. The van der Waals surface area contributed by atoms with Crippen LogP contribution in [0.25, 0.3) is 0 Å². The Bertz CT molecular complexity index is 696. The standard InChI is InChI=1S/C18H20N2O3/c1-20(2)15-7-5-14(6-8-15)19-18(21)13-4-9-16-17(12-13)23-11-3-10-22-16/h4-9,12H,3,10-11H2,1-2H3,(H,19,21). The normalized spacial score (nSPS) is 13.1. The molecular weight excluding hydrogens is 292 g/mol. The van der Waals surface area contributed by atoms with Crippen LogP contribution < -0.4 is 19.7 Å². The SMILES string of the molecule is CN(C)c1ccc(NC(=O)c2ccc3c(c2)OCCCO3)cc1. The van der Waals surface area contributed by atoms with E-state index in [1.807, 2.05) is 43.3 Å². The summed E-state index contributed by atoms with van der Waals surface area (Å²) < 4.78 is 11.2. The van der Waals surface area contributed by atoms with Crippen molar-refractivity contribution in [2.45, 2.75) is 6.42 Å². The van der Waals surface area contributed by atoms with E-state index in [4.69, 9.17) is 9.47 Å². The topological polar surface area (TPSA) is 50.8 Å². The van der Waals surface area contributed by atoms with Crippen LogP contribution in [0, 0.1) is 0 Å². The lowest BCUT2D eigenvalue weighted by Gasteiger charge is -2.13. The Morgan fingerprint density at radius 3 is 2.39 bits per heavy atom. The van der Waals surface area contributed by atoms with Gasteiger partial charge in [0, 0.05) is 37.5 Å². The summed E-state index contributed by atoms with van der Waals surface area (Å²) in [6.07, 6.45) is 0.842. The smallest absolute Gasteiger partial charge is 0.255 e. The van der Waals surface area contributed by atoms with Crippen LogP contribution >= 0.6 is 0 Å². The molecule has 1 amide bonds. The zero-order valence-corrected chi connectivity index (χ0v) is 13.3. The van der Waals surface area contributed by atoms with Gasteiger partial charge in [-0.15, -0.1) is 0 Å². The van der Waals surface area contributed by atoms with E-state index in [1.165, 1.54) is 0 Å². The van der Waals surface area contributed by atoms with E-state index in [9.17, 15) is 4.79 Å². The van der Waals surface area contributed by atoms with Gasteiger partial charge in [0.15, 0.2) is 11.5 Å². The highest BCUT2D eigenvalue weighted by atomic mass is 16.5. The average molecular weight is 312 g/mol. The summed E-state index contributed by atoms with van der Waals surface area (Å²) in [6.45, 7) is 1.24. The Labute approximate surface area is 135 Å². The zero-order chi connectivity index (χ0) is 16.2. The molecule has 0 spiro atoms. The third-order valence-electron chi connectivity index (χ3n) is 3.65. The van der Waals surface area contributed by atoms with Gasteiger partial charge in [0.25, 0.3) is 5.91 Å². The fourth-order valence-corrected chi connectivity index (χ4v) is 2.35. The van der Waals surface area contributed by atoms with Crippen molar-refractivity contribution < 1.29 is 14.3 Å². The molecule has 23 heavy (non-hydrogen) atoms. The molecule has 0 saturated carbocycles. The number of carbonyl (C=O) groups excluding carboxylic acids is 1. The molecule has 0 aromatic heterocycles. The van der Waals surface area contributed by atoms with Crippen molar-refractivity contribution in [3.8, 4) is 11.5 Å². The third kappa shape index (κ3) is 3.56. The minimum atomic E-state index is -0.168. The zero-order valence-electron chi connectivity index (χ0n) is 13.3. The number of hydrogen-bond acceptors (Lipinski definition) is 4. The molecule has 0 radical (unpaired) electrons. The second kappa shape index (κ2) is 6.60. The number of carbonyl (C=O) groups is 1. The van der Waals surface area contributed by atoms with Crippen molar-refractivity contribution in [3.05, 3.63) is 48.0 Å². The number of benzene rings is 2. The summed E-state index contributed by atoms with van der Waals surface area (Å²) in [6, 6.07) is 13.0. The lowest BCUT2D eigenvalue weighted by molar-refractivity contribution is 0.102. The summed E-state index contributed by atoms with van der Waals surface area (Å²) in [5.41, 5.74) is 2.39. The Morgan fingerprint density at radius 2 is 1.70 bits per heavy atom. The molecule has 1 aliphatic heterocycles. The highest BCUT2D eigenvalue weighted by Crippen LogP contribution is 2.30. The second-order valence-electron chi connectivity index (χ2n) is 5.61. The van der Waals surface area contributed by atoms with Crippen molar-refractivity contribution in [1.29, 1.82) is 0 Å². The second-order valence-corrected chi connectivity index (χ2v) is 5.61. The third-order valence-corrected chi connectivity index (χ3v) is 3.65. The van der Waals surface area contributed by atoms with Gasteiger partial charge in [-0.05, 0) is 42.5 Å². The lowest BCUT2D eigenvalue weighted by Crippen LogP contribution is -2.13. The minimum Gasteiger partial charge on any atom is -0.490 e. The molecule has 3 rings (SSSR count). The van der Waals surface area contributed by atoms with Gasteiger partial charge in [-0.3, -0.25) is 4.79 Å². The van der Waals surface area contributed by atoms with Crippen LogP contribution in [-0.4, -0.2) is 33.2 Å². The highest BCUT2D eigenvalue weighted by Gasteiger charge is 2.14. The molecule has 0 aliphatic carbocycles. The van der Waals surface area contributed by atoms with E-state index >= 15 is 0 Å². The number of fused-ring (bicyclic) bond motifs is 1. The van der Waals surface area contributed by atoms with Crippen molar-refractivity contribution in [3.63, 3.8) is 0 Å². The predicted molar refractivity (Wildman–Crippen MR) is 90.8 cm³/mol. The molecule has 0 bridgehead atoms. The van der Waals surface area contributed by atoms with Crippen LogP contribution in [-0.2, 0) is 0 Å². The van der Waals surface area contributed by atoms with Crippen LogP contribution in [0.4, 0.5) is 11.4 Å². The molecule has 0 atom stereocenters. The van der Waals surface area contributed by atoms with E-state index < -0.39 is 0 Å². The van der Waals surface area contributed by atoms with Gasteiger partial charge in [-0.25, -0.2) is 0 Å². The van der Waals surface area contributed by atoms with Crippen molar-refractivity contribution >= 4 is 17.3 Å². The van der Waals surface area contributed by atoms with E-state index in [2.05, 4.69) is 5.32 Å². The Morgan fingerprint density at radius 1 is 1.00 bits per heavy atom. The molecular formula is C18H20N2O3. The van der Waals surface area contributed by atoms with Gasteiger partial charge in [0.05, 0.1) is 13.2 Å². The van der Waals surface area contributed by atoms with E-state index in [0.717, 1.165) is 17.8 Å². The van der Waals surface area contributed by atoms with E-state index in [-0.39, 0.29) is 5.91 Å². The first-order valence-corrected chi connectivity index (χ1v) is 7.62. The van der Waals surface area contributed by atoms with E-state index in [0.29, 0.717) is 30.3 Å². The van der Waals surface area contributed by atoms with Crippen LogP contribution in [0.15, 0.2) is 42.5 Å². The predicted octanol–water partition coefficient (Wildman–Crippen LogP) is 3.17. The Hall–Kier alpha value is -2.69. The number of nitrogens with one attached hydrogen (secondary N) is 1. The van der Waals surface area contributed by atoms with E-state index in [1.54, 1.807) is 18.2 Å². The largest absolute Gasteiger partial charge is 0.490 e. The average Bonchev–Trinajstić information content (AvgIpc) is 2.79. The summed E-state index contributed by atoms with van der Waals surface area (Å²) in [5, 5.41) is 2.89. The number of nitrogens with zero attached hydrogens (tertiary/aromatic N) is 1. The van der Waals surface area contributed by atoms with Crippen molar-refractivity contribution in [2.75, 3.05) is 37.5 Å². The molecule has 1 heterocycles. The molecule has 0 unspecified atom stereocenters. The number of ether oxygens (including phenoxy) is 2. The number of amides is 1. The number of hydrogen-bond donors (Lipinski definition) is 1. The Kier molecular flexibility index (Phi) is 4.37. The van der Waals surface area contributed by atoms with Crippen molar-refractivity contribution in [2.24, 2.45) is 0 Å². The van der Waals surface area contributed by atoms with Gasteiger partial charge < -0.3 is 19.7 Å². The minimum absolute atomic E-state index is 0.168. The van der Waals surface area contributed by atoms with Crippen LogP contribution in [0.1, 0.15) is 16.8 Å². The van der Waals surface area contributed by atoms with Gasteiger partial charge in [-0.1, -0.05) is 0 Å². The molecule has 5 nitrogen and oxygen atoms in total. The number of anilines is 2. The van der Waals surface area contributed by atoms with Crippen molar-refractivity contribution in [1.82, 2.24) is 0 Å². The highest BCUT2D eigenvalue weighted by molar-refractivity contribution is 6.04. The maximum atomic E-state index is 12.4. The first kappa shape index (κ1) is 15.2. The fraction of sp³-hybridized carbons (Fsp3) is 0.278. The van der Waals surface area contributed by atoms with Gasteiger partial charge in [0.1, 0.15) is 0 Å².